The minimum absolute atomic E-state index is 0.0847. The van der Waals surface area contributed by atoms with E-state index in [0.717, 1.165) is 44.6 Å². The number of likely N-dealkylation sites (tertiary alicyclic amines) is 1. The first-order chi connectivity index (χ1) is 8.31. The fraction of sp³-hybridized carbons (Fsp3) is 0.467. The van der Waals surface area contributed by atoms with Gasteiger partial charge in [-0.05, 0) is 11.6 Å². The Labute approximate surface area is 103 Å². The molecule has 0 amide bonds. The van der Waals surface area contributed by atoms with Crippen LogP contribution in [0.25, 0.3) is 0 Å². The van der Waals surface area contributed by atoms with Gasteiger partial charge in [0.1, 0.15) is 11.4 Å². The second-order valence-corrected chi connectivity index (χ2v) is 5.16. The van der Waals surface area contributed by atoms with Gasteiger partial charge in [0.25, 0.3) is 0 Å². The summed E-state index contributed by atoms with van der Waals surface area (Å²) in [6.45, 7) is 7.06. The zero-order valence-electron chi connectivity index (χ0n) is 10.2. The first kappa shape index (κ1) is 10.8. The Bertz CT molecular complexity index is 392. The maximum absolute atomic E-state index is 6.21. The molecule has 3 rings (SSSR count). The molecule has 0 radical (unpaired) electrons. The van der Waals surface area contributed by atoms with Gasteiger partial charge >= 0.3 is 0 Å². The van der Waals surface area contributed by atoms with E-state index in [1.807, 2.05) is 6.08 Å². The number of hydrogen-bond acceptors (Lipinski definition) is 2. The molecule has 0 aromatic heterocycles. The third-order valence-electron chi connectivity index (χ3n) is 3.97. The highest BCUT2D eigenvalue weighted by Gasteiger charge is 2.41. The number of nitrogens with zero attached hydrogens (tertiary/aromatic N) is 1. The Morgan fingerprint density at radius 2 is 2.06 bits per heavy atom. The number of rotatable bonds is 2. The molecule has 1 spiro atoms. The van der Waals surface area contributed by atoms with Crippen LogP contribution in [-0.4, -0.2) is 30.1 Å². The van der Waals surface area contributed by atoms with Gasteiger partial charge in [-0.3, -0.25) is 4.90 Å². The van der Waals surface area contributed by atoms with Crippen LogP contribution in [0.4, 0.5) is 0 Å². The number of ether oxygens (including phenoxy) is 1. The molecule has 0 N–H and O–H groups in total. The van der Waals surface area contributed by atoms with E-state index in [1.54, 1.807) is 0 Å². The van der Waals surface area contributed by atoms with Gasteiger partial charge in [0.15, 0.2) is 0 Å². The predicted molar refractivity (Wildman–Crippen MR) is 69.4 cm³/mol. The van der Waals surface area contributed by atoms with E-state index in [4.69, 9.17) is 4.74 Å². The first-order valence-corrected chi connectivity index (χ1v) is 6.41. The van der Waals surface area contributed by atoms with Crippen LogP contribution < -0.4 is 4.74 Å². The van der Waals surface area contributed by atoms with Crippen molar-refractivity contribution in [1.82, 2.24) is 4.90 Å². The van der Waals surface area contributed by atoms with Gasteiger partial charge in [-0.2, -0.15) is 0 Å². The molecule has 1 fully saturated rings. The maximum Gasteiger partial charge on any atom is 0.123 e. The van der Waals surface area contributed by atoms with Gasteiger partial charge in [-0.1, -0.05) is 24.3 Å². The first-order valence-electron chi connectivity index (χ1n) is 6.41. The minimum Gasteiger partial charge on any atom is -0.487 e. The van der Waals surface area contributed by atoms with Crippen molar-refractivity contribution < 1.29 is 4.74 Å². The summed E-state index contributed by atoms with van der Waals surface area (Å²) in [5.41, 5.74) is 1.46. The van der Waals surface area contributed by atoms with Crippen molar-refractivity contribution in [3.8, 4) is 5.75 Å². The summed E-state index contributed by atoms with van der Waals surface area (Å²) < 4.78 is 6.21. The Balaban J connectivity index is 1.70. The van der Waals surface area contributed by atoms with Crippen molar-refractivity contribution in [2.24, 2.45) is 0 Å². The molecule has 1 saturated heterocycles. The second-order valence-electron chi connectivity index (χ2n) is 5.16. The highest BCUT2D eigenvalue weighted by Crippen LogP contribution is 2.40. The van der Waals surface area contributed by atoms with Crippen LogP contribution in [0.2, 0.25) is 0 Å². The number of fused-ring (bicyclic) bond motifs is 1. The normalized spacial score (nSPS) is 22.1. The average molecular weight is 229 g/mol. The largest absolute Gasteiger partial charge is 0.487 e. The second kappa shape index (κ2) is 4.19. The average Bonchev–Trinajstić information content (AvgIpc) is 2.70. The number of benzene rings is 1. The summed E-state index contributed by atoms with van der Waals surface area (Å²) in [6.07, 6.45) is 5.35. The lowest BCUT2D eigenvalue weighted by atomic mass is 9.87. The van der Waals surface area contributed by atoms with Gasteiger partial charge in [-0.15, -0.1) is 6.58 Å². The molecular formula is C15H19NO. The quantitative estimate of drug-likeness (QED) is 0.723. The molecule has 2 nitrogen and oxygen atoms in total. The lowest BCUT2D eigenvalue weighted by Crippen LogP contribution is -2.47. The van der Waals surface area contributed by atoms with E-state index in [2.05, 4.69) is 35.7 Å². The number of piperidine rings is 1. The van der Waals surface area contributed by atoms with Gasteiger partial charge in [0.05, 0.1) is 0 Å². The minimum atomic E-state index is 0.0847. The smallest absolute Gasteiger partial charge is 0.123 e. The molecule has 1 aromatic carbocycles. The molecule has 0 aliphatic carbocycles. The molecular weight excluding hydrogens is 210 g/mol. The van der Waals surface area contributed by atoms with Crippen LogP contribution in [-0.2, 0) is 6.42 Å². The molecule has 1 aromatic rings. The fourth-order valence-corrected chi connectivity index (χ4v) is 2.97. The van der Waals surface area contributed by atoms with Crippen LogP contribution in [0.15, 0.2) is 36.9 Å². The van der Waals surface area contributed by atoms with Gasteiger partial charge in [0.2, 0.25) is 0 Å². The monoisotopic (exact) mass is 229 g/mol. The third kappa shape index (κ3) is 1.98. The summed E-state index contributed by atoms with van der Waals surface area (Å²) in [5, 5.41) is 0. The van der Waals surface area contributed by atoms with Crippen LogP contribution >= 0.6 is 0 Å². The summed E-state index contributed by atoms with van der Waals surface area (Å²) in [7, 11) is 0. The zero-order valence-corrected chi connectivity index (χ0v) is 10.2. The van der Waals surface area contributed by atoms with Crippen molar-refractivity contribution in [2.75, 3.05) is 19.6 Å². The van der Waals surface area contributed by atoms with Crippen LogP contribution in [0.1, 0.15) is 18.4 Å². The molecule has 90 valence electrons. The molecule has 0 bridgehead atoms. The summed E-state index contributed by atoms with van der Waals surface area (Å²) in [6, 6.07) is 8.46. The lowest BCUT2D eigenvalue weighted by molar-refractivity contribution is 0.0229. The summed E-state index contributed by atoms with van der Waals surface area (Å²) in [4.78, 5) is 2.45. The highest BCUT2D eigenvalue weighted by molar-refractivity contribution is 5.39. The molecule has 2 aliphatic heterocycles. The van der Waals surface area contributed by atoms with Crippen molar-refractivity contribution in [2.45, 2.75) is 24.9 Å². The third-order valence-corrected chi connectivity index (χ3v) is 3.97. The molecule has 0 saturated carbocycles. The molecule has 0 unspecified atom stereocenters. The van der Waals surface area contributed by atoms with E-state index in [0.29, 0.717) is 0 Å². The SMILES string of the molecule is C=CCN1CCC2(CC1)Cc1ccccc1O2. The van der Waals surface area contributed by atoms with E-state index in [1.165, 1.54) is 5.56 Å². The van der Waals surface area contributed by atoms with Crippen LogP contribution in [0.5, 0.6) is 5.75 Å². The molecule has 2 heterocycles. The van der Waals surface area contributed by atoms with E-state index < -0.39 is 0 Å². The van der Waals surface area contributed by atoms with Crippen molar-refractivity contribution in [1.29, 1.82) is 0 Å². The fourth-order valence-electron chi connectivity index (χ4n) is 2.97. The Hall–Kier alpha value is -1.28. The summed E-state index contributed by atoms with van der Waals surface area (Å²) >= 11 is 0. The maximum atomic E-state index is 6.21. The van der Waals surface area contributed by atoms with E-state index >= 15 is 0 Å². The Kier molecular flexibility index (Phi) is 2.67. The Morgan fingerprint density at radius 1 is 1.29 bits per heavy atom. The molecule has 2 aliphatic rings. The number of para-hydroxylation sites is 1. The van der Waals surface area contributed by atoms with Gasteiger partial charge in [-0.25, -0.2) is 0 Å². The molecule has 0 atom stereocenters. The predicted octanol–water partition coefficient (Wildman–Crippen LogP) is 2.64. The summed E-state index contributed by atoms with van der Waals surface area (Å²) in [5.74, 6) is 1.10. The van der Waals surface area contributed by atoms with Crippen molar-refractivity contribution >= 4 is 0 Å². The molecule has 17 heavy (non-hydrogen) atoms. The Morgan fingerprint density at radius 3 is 2.76 bits per heavy atom. The van der Waals surface area contributed by atoms with Crippen molar-refractivity contribution in [3.05, 3.63) is 42.5 Å². The highest BCUT2D eigenvalue weighted by atomic mass is 16.5. The lowest BCUT2D eigenvalue weighted by Gasteiger charge is -2.38. The van der Waals surface area contributed by atoms with Gasteiger partial charge in [0, 0.05) is 38.9 Å². The van der Waals surface area contributed by atoms with Crippen LogP contribution in [0.3, 0.4) is 0 Å². The number of hydrogen-bond donors (Lipinski definition) is 0. The zero-order chi connectivity index (χ0) is 11.7. The molecule has 2 heteroatoms. The van der Waals surface area contributed by atoms with Gasteiger partial charge < -0.3 is 4.74 Å². The topological polar surface area (TPSA) is 12.5 Å². The van der Waals surface area contributed by atoms with Crippen molar-refractivity contribution in [3.63, 3.8) is 0 Å². The van der Waals surface area contributed by atoms with Crippen LogP contribution in [0, 0.1) is 0 Å². The van der Waals surface area contributed by atoms with E-state index in [9.17, 15) is 0 Å². The van der Waals surface area contributed by atoms with E-state index in [-0.39, 0.29) is 5.60 Å². The standard InChI is InChI=1S/C15H19NO/c1-2-9-16-10-7-15(8-11-16)12-13-5-3-4-6-14(13)17-15/h2-6H,1,7-12H2.